The van der Waals surface area contributed by atoms with E-state index < -0.39 is 0 Å². The number of hydrogen-bond acceptors (Lipinski definition) is 5. The lowest BCUT2D eigenvalue weighted by Gasteiger charge is -2.26. The Kier molecular flexibility index (Phi) is 8.46. The van der Waals surface area contributed by atoms with Crippen molar-refractivity contribution in [3.05, 3.63) is 106 Å². The van der Waals surface area contributed by atoms with Gasteiger partial charge in [-0.25, -0.2) is 0 Å². The minimum absolute atomic E-state index is 0.0745. The van der Waals surface area contributed by atoms with Gasteiger partial charge in [-0.2, -0.15) is 0 Å². The second kappa shape index (κ2) is 12.1. The monoisotopic (exact) mass is 535 g/mol. The number of carbonyl (C=O) groups excluding carboxylic acids is 2. The second-order valence-corrected chi connectivity index (χ2v) is 10.8. The quantitative estimate of drug-likeness (QED) is 0.445. The SMILES string of the molecule is O=C(NCc1cccc(CN2CCOCC2)c1)c1ccc([C@@H]2SCC(=O)N2Cc2ccc(Cl)cc2)cc1. The number of halogens is 1. The van der Waals surface area contributed by atoms with Gasteiger partial charge >= 0.3 is 0 Å². The number of carbonyl (C=O) groups is 2. The fraction of sp³-hybridized carbons (Fsp3) is 0.310. The van der Waals surface area contributed by atoms with Gasteiger partial charge in [-0.1, -0.05) is 60.1 Å². The molecule has 0 radical (unpaired) electrons. The van der Waals surface area contributed by atoms with Gasteiger partial charge in [0, 0.05) is 43.3 Å². The molecule has 1 N–H and O–H groups in total. The normalized spacial score (nSPS) is 18.2. The summed E-state index contributed by atoms with van der Waals surface area (Å²) in [6, 6.07) is 23.5. The number of thioether (sulfide) groups is 1. The minimum atomic E-state index is -0.113. The molecule has 6 nitrogen and oxygen atoms in total. The van der Waals surface area contributed by atoms with Gasteiger partial charge in [-0.3, -0.25) is 14.5 Å². The van der Waals surface area contributed by atoms with E-state index in [1.54, 1.807) is 11.8 Å². The summed E-state index contributed by atoms with van der Waals surface area (Å²) in [5.74, 6) is 0.450. The van der Waals surface area contributed by atoms with Crippen LogP contribution in [0.4, 0.5) is 0 Å². The summed E-state index contributed by atoms with van der Waals surface area (Å²) >= 11 is 7.61. The van der Waals surface area contributed by atoms with Crippen molar-refractivity contribution in [2.75, 3.05) is 32.1 Å². The van der Waals surface area contributed by atoms with Crippen LogP contribution in [0, 0.1) is 0 Å². The van der Waals surface area contributed by atoms with Crippen molar-refractivity contribution in [2.24, 2.45) is 0 Å². The molecule has 0 spiro atoms. The van der Waals surface area contributed by atoms with Crippen molar-refractivity contribution in [1.29, 1.82) is 0 Å². The molecule has 2 amide bonds. The Morgan fingerprint density at radius 1 is 0.946 bits per heavy atom. The molecule has 1 atom stereocenters. The fourth-order valence-corrected chi connectivity index (χ4v) is 5.94. The summed E-state index contributed by atoms with van der Waals surface area (Å²) in [6.07, 6.45) is 0. The first-order valence-electron chi connectivity index (χ1n) is 12.5. The van der Waals surface area contributed by atoms with Crippen molar-refractivity contribution in [1.82, 2.24) is 15.1 Å². The van der Waals surface area contributed by atoms with Crippen LogP contribution in [0.15, 0.2) is 72.8 Å². The van der Waals surface area contributed by atoms with Gasteiger partial charge in [-0.05, 0) is 46.5 Å². The zero-order valence-electron chi connectivity index (χ0n) is 20.6. The summed E-state index contributed by atoms with van der Waals surface area (Å²) in [6.45, 7) is 5.35. The van der Waals surface area contributed by atoms with E-state index in [9.17, 15) is 9.59 Å². The Hall–Kier alpha value is -2.84. The number of amides is 2. The van der Waals surface area contributed by atoms with Crippen molar-refractivity contribution in [3.63, 3.8) is 0 Å². The van der Waals surface area contributed by atoms with Crippen LogP contribution in [0.2, 0.25) is 5.02 Å². The summed E-state index contributed by atoms with van der Waals surface area (Å²) < 4.78 is 5.43. The van der Waals surface area contributed by atoms with Crippen molar-refractivity contribution >= 4 is 35.2 Å². The number of nitrogens with zero attached hydrogens (tertiary/aromatic N) is 2. The molecule has 3 aromatic carbocycles. The molecule has 5 rings (SSSR count). The maximum Gasteiger partial charge on any atom is 0.251 e. The van der Waals surface area contributed by atoms with Crippen LogP contribution < -0.4 is 5.32 Å². The Morgan fingerprint density at radius 3 is 2.43 bits per heavy atom. The van der Waals surface area contributed by atoms with E-state index in [1.165, 1.54) is 5.56 Å². The van der Waals surface area contributed by atoms with Crippen LogP contribution in [0.5, 0.6) is 0 Å². The van der Waals surface area contributed by atoms with Crippen LogP contribution in [0.3, 0.4) is 0 Å². The summed E-state index contributed by atoms with van der Waals surface area (Å²) in [7, 11) is 0. The predicted molar refractivity (Wildman–Crippen MR) is 147 cm³/mol. The van der Waals surface area contributed by atoms with Crippen LogP contribution in [0.25, 0.3) is 0 Å². The average molecular weight is 536 g/mol. The molecule has 192 valence electrons. The molecule has 37 heavy (non-hydrogen) atoms. The smallest absolute Gasteiger partial charge is 0.251 e. The summed E-state index contributed by atoms with van der Waals surface area (Å²) in [5.41, 5.74) is 4.97. The Balaban J connectivity index is 1.18. The molecule has 2 heterocycles. The molecule has 0 aromatic heterocycles. The highest BCUT2D eigenvalue weighted by Crippen LogP contribution is 2.39. The predicted octanol–water partition coefficient (Wildman–Crippen LogP) is 4.88. The highest BCUT2D eigenvalue weighted by atomic mass is 35.5. The molecule has 2 aliphatic rings. The third kappa shape index (κ3) is 6.73. The molecule has 0 aliphatic carbocycles. The highest BCUT2D eigenvalue weighted by molar-refractivity contribution is 8.00. The van der Waals surface area contributed by atoms with Crippen molar-refractivity contribution in [3.8, 4) is 0 Å². The number of benzene rings is 3. The zero-order chi connectivity index (χ0) is 25.6. The Bertz CT molecular complexity index is 1230. The van der Waals surface area contributed by atoms with Gasteiger partial charge in [0.2, 0.25) is 5.91 Å². The molecule has 3 aromatic rings. The fourth-order valence-electron chi connectivity index (χ4n) is 4.63. The van der Waals surface area contributed by atoms with Crippen molar-refractivity contribution in [2.45, 2.75) is 25.0 Å². The topological polar surface area (TPSA) is 61.9 Å². The average Bonchev–Trinajstić information content (AvgIpc) is 3.29. The van der Waals surface area contributed by atoms with E-state index in [1.807, 2.05) is 65.6 Å². The lowest BCUT2D eigenvalue weighted by molar-refractivity contribution is -0.128. The van der Waals surface area contributed by atoms with E-state index in [0.29, 0.717) is 29.4 Å². The molecule has 0 bridgehead atoms. The number of nitrogens with one attached hydrogen (secondary N) is 1. The lowest BCUT2D eigenvalue weighted by atomic mass is 10.1. The first-order valence-corrected chi connectivity index (χ1v) is 13.9. The van der Waals surface area contributed by atoms with E-state index in [4.69, 9.17) is 16.3 Å². The zero-order valence-corrected chi connectivity index (χ0v) is 22.1. The van der Waals surface area contributed by atoms with E-state index in [2.05, 4.69) is 22.3 Å². The van der Waals surface area contributed by atoms with Gasteiger partial charge < -0.3 is 15.0 Å². The van der Waals surface area contributed by atoms with Crippen LogP contribution in [-0.4, -0.2) is 53.7 Å². The molecule has 0 saturated carbocycles. The lowest BCUT2D eigenvalue weighted by Crippen LogP contribution is -2.35. The van der Waals surface area contributed by atoms with Gasteiger partial charge in [0.25, 0.3) is 5.91 Å². The molecule has 2 aliphatic heterocycles. The molecule has 0 unspecified atom stereocenters. The van der Waals surface area contributed by atoms with Gasteiger partial charge in [0.05, 0.1) is 19.0 Å². The second-order valence-electron chi connectivity index (χ2n) is 9.32. The summed E-state index contributed by atoms with van der Waals surface area (Å²) in [5, 5.41) is 3.64. The maximum atomic E-state index is 12.8. The molecule has 8 heteroatoms. The molecular weight excluding hydrogens is 506 g/mol. The van der Waals surface area contributed by atoms with E-state index in [-0.39, 0.29) is 17.2 Å². The first kappa shape index (κ1) is 25.8. The summed E-state index contributed by atoms with van der Waals surface area (Å²) in [4.78, 5) is 29.7. The molecular formula is C29H30ClN3O3S. The number of ether oxygens (including phenoxy) is 1. The van der Waals surface area contributed by atoms with Crippen molar-refractivity contribution < 1.29 is 14.3 Å². The Morgan fingerprint density at radius 2 is 1.68 bits per heavy atom. The third-order valence-corrected chi connectivity index (χ3v) is 8.15. The van der Waals surface area contributed by atoms with E-state index >= 15 is 0 Å². The number of morpholine rings is 1. The van der Waals surface area contributed by atoms with Crippen LogP contribution in [0.1, 0.15) is 38.0 Å². The Labute approximate surface area is 226 Å². The van der Waals surface area contributed by atoms with E-state index in [0.717, 1.165) is 49.5 Å². The first-order chi connectivity index (χ1) is 18.0. The maximum absolute atomic E-state index is 12.8. The number of rotatable bonds is 8. The molecule has 2 fully saturated rings. The van der Waals surface area contributed by atoms with Crippen LogP contribution >= 0.6 is 23.4 Å². The van der Waals surface area contributed by atoms with Gasteiger partial charge in [0.1, 0.15) is 5.37 Å². The van der Waals surface area contributed by atoms with Gasteiger partial charge in [0.15, 0.2) is 0 Å². The van der Waals surface area contributed by atoms with Gasteiger partial charge in [-0.15, -0.1) is 11.8 Å². The largest absolute Gasteiger partial charge is 0.379 e. The minimum Gasteiger partial charge on any atom is -0.379 e. The third-order valence-electron chi connectivity index (χ3n) is 6.65. The van der Waals surface area contributed by atoms with Crippen LogP contribution in [-0.2, 0) is 29.2 Å². The molecule has 2 saturated heterocycles. The number of hydrogen-bond donors (Lipinski definition) is 1. The standard InChI is InChI=1S/C29H30ClN3O3S/c30-26-10-4-21(5-11-26)19-33-27(34)20-37-29(33)25-8-6-24(7-9-25)28(35)31-17-22-2-1-3-23(16-22)18-32-12-14-36-15-13-32/h1-11,16,29H,12-15,17-20H2,(H,31,35)/t29-/m0/s1. The highest BCUT2D eigenvalue weighted by Gasteiger charge is 2.32.